The van der Waals surface area contributed by atoms with Crippen LogP contribution in [0.1, 0.15) is 45.2 Å². The molecular weight excluding hydrogens is 300 g/mol. The molecule has 1 heterocycles. The monoisotopic (exact) mass is 326 g/mol. The van der Waals surface area contributed by atoms with Crippen LogP contribution in [0.2, 0.25) is 0 Å². The van der Waals surface area contributed by atoms with E-state index in [0.717, 1.165) is 10.6 Å². The molecule has 7 heteroatoms. The number of nitrogens with zero attached hydrogens (tertiary/aromatic N) is 2. The van der Waals surface area contributed by atoms with E-state index in [0.29, 0.717) is 5.13 Å². The van der Waals surface area contributed by atoms with Crippen LogP contribution < -0.4 is 10.6 Å². The van der Waals surface area contributed by atoms with Crippen LogP contribution in [0.5, 0.6) is 0 Å². The first-order valence-electron chi connectivity index (χ1n) is 7.32. The maximum absolute atomic E-state index is 12.3. The predicted octanol–water partition coefficient (Wildman–Crippen LogP) is 2.92. The fourth-order valence-electron chi connectivity index (χ4n) is 1.72. The van der Waals surface area contributed by atoms with E-state index in [1.165, 1.54) is 16.2 Å². The van der Waals surface area contributed by atoms with E-state index in [4.69, 9.17) is 0 Å². The number of hydrogen-bond donors (Lipinski definition) is 2. The zero-order valence-corrected chi connectivity index (χ0v) is 15.2. The van der Waals surface area contributed by atoms with Crippen LogP contribution >= 0.6 is 11.3 Å². The van der Waals surface area contributed by atoms with Gasteiger partial charge in [-0.15, -0.1) is 11.3 Å². The first kappa shape index (κ1) is 18.4. The number of carbonyl (C=O) groups is 2. The second kappa shape index (κ2) is 7.09. The Morgan fingerprint density at radius 2 is 1.86 bits per heavy atom. The number of thiazole rings is 1. The summed E-state index contributed by atoms with van der Waals surface area (Å²) < 4.78 is 0. The van der Waals surface area contributed by atoms with Crippen molar-refractivity contribution in [3.63, 3.8) is 0 Å². The van der Waals surface area contributed by atoms with Gasteiger partial charge in [0, 0.05) is 16.5 Å². The summed E-state index contributed by atoms with van der Waals surface area (Å²) in [7, 11) is 0. The van der Waals surface area contributed by atoms with Crippen LogP contribution in [0.25, 0.3) is 0 Å². The topological polar surface area (TPSA) is 74.3 Å². The summed E-state index contributed by atoms with van der Waals surface area (Å²) in [5.74, 6) is -0.244. The second-order valence-corrected chi connectivity index (χ2v) is 7.81. The summed E-state index contributed by atoms with van der Waals surface area (Å²) in [6.07, 6.45) is 0. The molecule has 0 aliphatic heterocycles. The Labute approximate surface area is 136 Å². The Morgan fingerprint density at radius 1 is 1.27 bits per heavy atom. The van der Waals surface area contributed by atoms with Gasteiger partial charge < -0.3 is 15.5 Å². The molecule has 1 aromatic rings. The van der Waals surface area contributed by atoms with Gasteiger partial charge in [0.1, 0.15) is 6.54 Å². The van der Waals surface area contributed by atoms with Crippen molar-refractivity contribution in [2.45, 2.75) is 60.0 Å². The van der Waals surface area contributed by atoms with Crippen molar-refractivity contribution < 1.29 is 9.59 Å². The average molecular weight is 326 g/mol. The molecule has 0 fully saturated rings. The Balaban J connectivity index is 2.70. The van der Waals surface area contributed by atoms with Crippen LogP contribution in [0.15, 0.2) is 0 Å². The van der Waals surface area contributed by atoms with Gasteiger partial charge in [-0.2, -0.15) is 0 Å². The molecule has 124 valence electrons. The Morgan fingerprint density at radius 3 is 2.27 bits per heavy atom. The first-order chi connectivity index (χ1) is 9.99. The lowest BCUT2D eigenvalue weighted by Crippen LogP contribution is -2.52. The fourth-order valence-corrected chi connectivity index (χ4v) is 2.55. The van der Waals surface area contributed by atoms with Crippen LogP contribution in [0, 0.1) is 13.8 Å². The van der Waals surface area contributed by atoms with Crippen molar-refractivity contribution in [3.8, 4) is 0 Å². The van der Waals surface area contributed by atoms with Gasteiger partial charge in [0.25, 0.3) is 0 Å². The zero-order valence-electron chi connectivity index (χ0n) is 14.4. The van der Waals surface area contributed by atoms with Gasteiger partial charge in [0.15, 0.2) is 5.13 Å². The lowest BCUT2D eigenvalue weighted by Gasteiger charge is -2.30. The quantitative estimate of drug-likeness (QED) is 0.893. The van der Waals surface area contributed by atoms with Crippen molar-refractivity contribution in [1.29, 1.82) is 0 Å². The number of anilines is 1. The standard InChI is InChI=1S/C15H26N4O2S/c1-9(2)19(14(21)18-15(5,6)7)8-12(20)17-13-16-10(3)11(4)22-13/h9H,8H2,1-7H3,(H,18,21)(H,16,17,20). The van der Waals surface area contributed by atoms with Gasteiger partial charge in [-0.3, -0.25) is 4.79 Å². The van der Waals surface area contributed by atoms with Gasteiger partial charge >= 0.3 is 6.03 Å². The number of rotatable bonds is 4. The predicted molar refractivity (Wildman–Crippen MR) is 90.3 cm³/mol. The molecule has 0 saturated carbocycles. The number of carbonyl (C=O) groups excluding carboxylic acids is 2. The number of nitrogens with one attached hydrogen (secondary N) is 2. The molecule has 0 radical (unpaired) electrons. The van der Waals surface area contributed by atoms with E-state index in [2.05, 4.69) is 15.6 Å². The van der Waals surface area contributed by atoms with Gasteiger partial charge in [0.2, 0.25) is 5.91 Å². The summed E-state index contributed by atoms with van der Waals surface area (Å²) in [5, 5.41) is 6.20. The molecule has 22 heavy (non-hydrogen) atoms. The first-order valence-corrected chi connectivity index (χ1v) is 8.14. The Kier molecular flexibility index (Phi) is 5.93. The minimum Gasteiger partial charge on any atom is -0.333 e. The molecule has 1 rings (SSSR count). The molecule has 0 aliphatic carbocycles. The normalized spacial score (nSPS) is 11.5. The van der Waals surface area contributed by atoms with Gasteiger partial charge in [-0.1, -0.05) is 0 Å². The van der Waals surface area contributed by atoms with Crippen LogP contribution in [-0.2, 0) is 4.79 Å². The van der Waals surface area contributed by atoms with Gasteiger partial charge in [-0.25, -0.2) is 9.78 Å². The molecule has 0 aromatic carbocycles. The Bertz CT molecular complexity index is 527. The molecule has 3 amide bonds. The van der Waals surface area contributed by atoms with E-state index in [-0.39, 0.29) is 30.1 Å². The number of urea groups is 1. The summed E-state index contributed by atoms with van der Waals surface area (Å²) in [6, 6.07) is -0.322. The number of hydrogen-bond acceptors (Lipinski definition) is 4. The molecular formula is C15H26N4O2S. The summed E-state index contributed by atoms with van der Waals surface area (Å²) in [5.41, 5.74) is 0.566. The maximum Gasteiger partial charge on any atom is 0.318 e. The lowest BCUT2D eigenvalue weighted by molar-refractivity contribution is -0.117. The third-order valence-electron chi connectivity index (χ3n) is 2.95. The minimum absolute atomic E-state index is 0.00272. The van der Waals surface area contributed by atoms with E-state index in [1.54, 1.807) is 0 Å². The maximum atomic E-state index is 12.3. The fraction of sp³-hybridized carbons (Fsp3) is 0.667. The summed E-state index contributed by atoms with van der Waals surface area (Å²) in [4.78, 5) is 31.3. The van der Waals surface area contributed by atoms with E-state index >= 15 is 0 Å². The third kappa shape index (κ3) is 5.63. The number of aromatic nitrogens is 1. The molecule has 0 bridgehead atoms. The van der Waals surface area contributed by atoms with Crippen molar-refractivity contribution in [3.05, 3.63) is 10.6 Å². The van der Waals surface area contributed by atoms with Gasteiger partial charge in [0.05, 0.1) is 5.69 Å². The second-order valence-electron chi connectivity index (χ2n) is 6.61. The highest BCUT2D eigenvalue weighted by molar-refractivity contribution is 7.15. The van der Waals surface area contributed by atoms with Gasteiger partial charge in [-0.05, 0) is 48.5 Å². The third-order valence-corrected chi connectivity index (χ3v) is 3.94. The molecule has 0 saturated heterocycles. The van der Waals surface area contributed by atoms with E-state index in [1.807, 2.05) is 48.5 Å². The number of aryl methyl sites for hydroxylation is 2. The van der Waals surface area contributed by atoms with Crippen LogP contribution in [0.4, 0.5) is 9.93 Å². The SMILES string of the molecule is Cc1nc(NC(=O)CN(C(=O)NC(C)(C)C)C(C)C)sc1C. The Hall–Kier alpha value is -1.63. The molecule has 6 nitrogen and oxygen atoms in total. The summed E-state index contributed by atoms with van der Waals surface area (Å²) >= 11 is 1.43. The molecule has 0 atom stereocenters. The molecule has 1 aromatic heterocycles. The van der Waals surface area contributed by atoms with Crippen molar-refractivity contribution >= 4 is 28.4 Å². The molecule has 0 aliphatic rings. The minimum atomic E-state index is -0.343. The van der Waals surface area contributed by atoms with Crippen molar-refractivity contribution in [2.75, 3.05) is 11.9 Å². The summed E-state index contributed by atoms with van der Waals surface area (Å²) in [6.45, 7) is 13.3. The zero-order chi connectivity index (χ0) is 17.1. The molecule has 2 N–H and O–H groups in total. The lowest BCUT2D eigenvalue weighted by atomic mass is 10.1. The van der Waals surface area contributed by atoms with Crippen molar-refractivity contribution in [2.24, 2.45) is 0 Å². The highest BCUT2D eigenvalue weighted by atomic mass is 32.1. The molecule has 0 spiro atoms. The molecule has 0 unspecified atom stereocenters. The van der Waals surface area contributed by atoms with E-state index in [9.17, 15) is 9.59 Å². The average Bonchev–Trinajstić information content (AvgIpc) is 2.62. The highest BCUT2D eigenvalue weighted by Gasteiger charge is 2.24. The highest BCUT2D eigenvalue weighted by Crippen LogP contribution is 2.21. The van der Waals surface area contributed by atoms with Crippen LogP contribution in [-0.4, -0.2) is 39.9 Å². The van der Waals surface area contributed by atoms with E-state index < -0.39 is 0 Å². The van der Waals surface area contributed by atoms with Crippen molar-refractivity contribution in [1.82, 2.24) is 15.2 Å². The van der Waals surface area contributed by atoms with Crippen LogP contribution in [0.3, 0.4) is 0 Å². The smallest absolute Gasteiger partial charge is 0.318 e. The number of amides is 3. The largest absolute Gasteiger partial charge is 0.333 e.